The highest BCUT2D eigenvalue weighted by molar-refractivity contribution is 6.30. The lowest BCUT2D eigenvalue weighted by molar-refractivity contribution is -0.385. The van der Waals surface area contributed by atoms with E-state index in [9.17, 15) is 19.7 Å². The molecule has 2 amide bonds. The van der Waals surface area contributed by atoms with E-state index in [0.717, 1.165) is 0 Å². The molecule has 0 spiro atoms. The molecule has 1 atom stereocenters. The fourth-order valence-electron chi connectivity index (χ4n) is 3.05. The molecule has 1 unspecified atom stereocenters. The summed E-state index contributed by atoms with van der Waals surface area (Å²) in [7, 11) is 0. The number of nitrogens with zero attached hydrogens (tertiary/aromatic N) is 4. The molecule has 1 saturated heterocycles. The van der Waals surface area contributed by atoms with Crippen LogP contribution in [-0.4, -0.2) is 58.8 Å². The number of aromatic nitrogens is 1. The molecular formula is C19H20ClN5O4. The molecule has 0 radical (unpaired) electrons. The van der Waals surface area contributed by atoms with Crippen molar-refractivity contribution in [3.8, 4) is 0 Å². The molecule has 3 rings (SSSR count). The quantitative estimate of drug-likeness (QED) is 0.589. The Morgan fingerprint density at radius 2 is 1.79 bits per heavy atom. The molecule has 1 aromatic heterocycles. The molecule has 2 aromatic rings. The van der Waals surface area contributed by atoms with Crippen LogP contribution in [0.3, 0.4) is 0 Å². The van der Waals surface area contributed by atoms with Crippen molar-refractivity contribution in [1.82, 2.24) is 15.2 Å². The Kier molecular flexibility index (Phi) is 6.28. The van der Waals surface area contributed by atoms with E-state index >= 15 is 0 Å². The van der Waals surface area contributed by atoms with E-state index in [1.165, 1.54) is 12.3 Å². The van der Waals surface area contributed by atoms with E-state index in [1.54, 1.807) is 42.2 Å². The molecule has 1 fully saturated rings. The van der Waals surface area contributed by atoms with Crippen LogP contribution in [0.25, 0.3) is 0 Å². The minimum Gasteiger partial charge on any atom is -0.353 e. The molecular weight excluding hydrogens is 398 g/mol. The number of halogens is 1. The van der Waals surface area contributed by atoms with Gasteiger partial charge in [-0.1, -0.05) is 11.6 Å². The SMILES string of the molecule is CC(NC(=O)c1ccc(Cl)cc1)C(=O)N1CCN(c2ccc([N+](=O)[O-])cn2)CC1. The highest BCUT2D eigenvalue weighted by Gasteiger charge is 2.26. The Morgan fingerprint density at radius 1 is 1.14 bits per heavy atom. The summed E-state index contributed by atoms with van der Waals surface area (Å²) in [6.45, 7) is 3.69. The largest absolute Gasteiger partial charge is 0.353 e. The number of nitrogens with one attached hydrogen (secondary N) is 1. The maximum absolute atomic E-state index is 12.7. The molecule has 1 N–H and O–H groups in total. The third kappa shape index (κ3) is 5.00. The summed E-state index contributed by atoms with van der Waals surface area (Å²) < 4.78 is 0. The Hall–Kier alpha value is -3.20. The van der Waals surface area contributed by atoms with E-state index in [4.69, 9.17) is 11.6 Å². The lowest BCUT2D eigenvalue weighted by atomic mass is 10.2. The summed E-state index contributed by atoms with van der Waals surface area (Å²) in [5, 5.41) is 14.0. The molecule has 9 nitrogen and oxygen atoms in total. The zero-order valence-electron chi connectivity index (χ0n) is 15.7. The van der Waals surface area contributed by atoms with Gasteiger partial charge in [0.25, 0.3) is 11.6 Å². The second kappa shape index (κ2) is 8.87. The van der Waals surface area contributed by atoms with E-state index in [2.05, 4.69) is 10.3 Å². The lowest BCUT2D eigenvalue weighted by Gasteiger charge is -2.36. The van der Waals surface area contributed by atoms with Gasteiger partial charge in [0.05, 0.1) is 4.92 Å². The lowest BCUT2D eigenvalue weighted by Crippen LogP contribution is -2.54. The number of hydrogen-bond acceptors (Lipinski definition) is 6. The van der Waals surface area contributed by atoms with Gasteiger partial charge in [-0.05, 0) is 37.3 Å². The highest BCUT2D eigenvalue weighted by atomic mass is 35.5. The van der Waals surface area contributed by atoms with Crippen LogP contribution in [0.2, 0.25) is 5.02 Å². The van der Waals surface area contributed by atoms with Gasteiger partial charge in [-0.15, -0.1) is 0 Å². The van der Waals surface area contributed by atoms with E-state index < -0.39 is 11.0 Å². The minimum absolute atomic E-state index is 0.0622. The number of carbonyl (C=O) groups is 2. The number of piperazine rings is 1. The minimum atomic E-state index is -0.665. The molecule has 2 heterocycles. The van der Waals surface area contributed by atoms with Crippen LogP contribution >= 0.6 is 11.6 Å². The molecule has 29 heavy (non-hydrogen) atoms. The monoisotopic (exact) mass is 417 g/mol. The van der Waals surface area contributed by atoms with Crippen LogP contribution in [0.5, 0.6) is 0 Å². The first-order valence-corrected chi connectivity index (χ1v) is 9.43. The van der Waals surface area contributed by atoms with Crippen molar-refractivity contribution < 1.29 is 14.5 Å². The molecule has 1 aliphatic heterocycles. The first kappa shape index (κ1) is 20.5. The van der Waals surface area contributed by atoms with Crippen molar-refractivity contribution >= 4 is 34.9 Å². The Morgan fingerprint density at radius 3 is 2.34 bits per heavy atom. The van der Waals surface area contributed by atoms with Crippen molar-refractivity contribution in [2.24, 2.45) is 0 Å². The predicted octanol–water partition coefficient (Wildman–Crippen LogP) is 2.11. The first-order valence-electron chi connectivity index (χ1n) is 9.06. The highest BCUT2D eigenvalue weighted by Crippen LogP contribution is 2.17. The number of carbonyl (C=O) groups excluding carboxylic acids is 2. The number of anilines is 1. The van der Waals surface area contributed by atoms with Crippen molar-refractivity contribution in [1.29, 1.82) is 0 Å². The number of hydrogen-bond donors (Lipinski definition) is 1. The second-order valence-corrected chi connectivity index (χ2v) is 7.08. The average Bonchev–Trinajstić information content (AvgIpc) is 2.73. The number of nitro groups is 1. The van der Waals surface area contributed by atoms with Crippen LogP contribution in [0.1, 0.15) is 17.3 Å². The van der Waals surface area contributed by atoms with Crippen LogP contribution in [0, 0.1) is 10.1 Å². The zero-order valence-corrected chi connectivity index (χ0v) is 16.5. The normalized spacial score (nSPS) is 15.0. The summed E-state index contributed by atoms with van der Waals surface area (Å²) in [5.74, 6) is 0.131. The van der Waals surface area contributed by atoms with Gasteiger partial charge < -0.3 is 15.1 Å². The Labute approximate surface area is 172 Å². The number of amides is 2. The van der Waals surface area contributed by atoms with Gasteiger partial charge in [0.15, 0.2) is 0 Å². The van der Waals surface area contributed by atoms with Gasteiger partial charge in [-0.3, -0.25) is 19.7 Å². The van der Waals surface area contributed by atoms with Crippen LogP contribution in [0.15, 0.2) is 42.6 Å². The third-order valence-electron chi connectivity index (χ3n) is 4.68. The molecule has 0 bridgehead atoms. The fourth-order valence-corrected chi connectivity index (χ4v) is 3.17. The average molecular weight is 418 g/mol. The molecule has 10 heteroatoms. The van der Waals surface area contributed by atoms with Crippen molar-refractivity contribution in [3.63, 3.8) is 0 Å². The molecule has 1 aromatic carbocycles. The maximum atomic E-state index is 12.7. The Balaban J connectivity index is 1.53. The van der Waals surface area contributed by atoms with Crippen LogP contribution in [0.4, 0.5) is 11.5 Å². The number of rotatable bonds is 5. The molecule has 152 valence electrons. The summed E-state index contributed by atoms with van der Waals surface area (Å²) in [5.41, 5.74) is 0.371. The first-order chi connectivity index (χ1) is 13.8. The number of pyridine rings is 1. The summed E-state index contributed by atoms with van der Waals surface area (Å²) in [6.07, 6.45) is 1.22. The molecule has 0 saturated carbocycles. The summed E-state index contributed by atoms with van der Waals surface area (Å²) in [4.78, 5) is 42.9. The van der Waals surface area contributed by atoms with Gasteiger partial charge in [0, 0.05) is 42.8 Å². The summed E-state index contributed by atoms with van der Waals surface area (Å²) in [6, 6.07) is 8.79. The molecule has 1 aliphatic rings. The van der Waals surface area contributed by atoms with Gasteiger partial charge in [-0.25, -0.2) is 4.98 Å². The van der Waals surface area contributed by atoms with Crippen LogP contribution in [-0.2, 0) is 4.79 Å². The zero-order chi connectivity index (χ0) is 21.0. The third-order valence-corrected chi connectivity index (χ3v) is 4.93. The topological polar surface area (TPSA) is 109 Å². The smallest absolute Gasteiger partial charge is 0.287 e. The second-order valence-electron chi connectivity index (χ2n) is 6.65. The standard InChI is InChI=1S/C19H20ClN5O4/c1-13(22-18(26)14-2-4-15(20)5-3-14)19(27)24-10-8-23(9-11-24)17-7-6-16(12-21-17)25(28)29/h2-7,12-13H,8-11H2,1H3,(H,22,26). The fraction of sp³-hybridized carbons (Fsp3) is 0.316. The molecule has 0 aliphatic carbocycles. The van der Waals surface area contributed by atoms with Gasteiger partial charge in [0.2, 0.25) is 5.91 Å². The maximum Gasteiger partial charge on any atom is 0.287 e. The van der Waals surface area contributed by atoms with Crippen molar-refractivity contribution in [2.45, 2.75) is 13.0 Å². The van der Waals surface area contributed by atoms with Gasteiger partial charge in [-0.2, -0.15) is 0 Å². The van der Waals surface area contributed by atoms with E-state index in [-0.39, 0.29) is 17.5 Å². The summed E-state index contributed by atoms with van der Waals surface area (Å²) >= 11 is 5.82. The van der Waals surface area contributed by atoms with E-state index in [1.807, 2.05) is 4.90 Å². The van der Waals surface area contributed by atoms with Gasteiger partial charge in [0.1, 0.15) is 18.1 Å². The van der Waals surface area contributed by atoms with Crippen molar-refractivity contribution in [2.75, 3.05) is 31.1 Å². The predicted molar refractivity (Wildman–Crippen MR) is 108 cm³/mol. The van der Waals surface area contributed by atoms with Crippen molar-refractivity contribution in [3.05, 3.63) is 63.3 Å². The van der Waals surface area contributed by atoms with E-state index in [0.29, 0.717) is 42.6 Å². The Bertz CT molecular complexity index is 896. The van der Waals surface area contributed by atoms with Gasteiger partial charge >= 0.3 is 0 Å². The van der Waals surface area contributed by atoms with Crippen LogP contribution < -0.4 is 10.2 Å². The number of benzene rings is 1.